The van der Waals surface area contributed by atoms with Gasteiger partial charge in [0, 0.05) is 67.6 Å². The predicted molar refractivity (Wildman–Crippen MR) is 382 cm³/mol. The highest BCUT2D eigenvalue weighted by atomic mass is 16.6. The lowest BCUT2D eigenvalue weighted by atomic mass is 9.80. The predicted octanol–water partition coefficient (Wildman–Crippen LogP) is 16.4. The van der Waals surface area contributed by atoms with Crippen LogP contribution in [-0.2, 0) is 19.1 Å². The number of fused-ring (bicyclic) bond motifs is 2. The summed E-state index contributed by atoms with van der Waals surface area (Å²) in [5.74, 6) is -3.94. The van der Waals surface area contributed by atoms with Gasteiger partial charge in [-0.1, -0.05) is 131 Å². The lowest BCUT2D eigenvalue weighted by molar-refractivity contribution is -0.140. The van der Waals surface area contributed by atoms with E-state index in [1.54, 1.807) is 121 Å². The van der Waals surface area contributed by atoms with Crippen molar-refractivity contribution in [2.45, 2.75) is 52.0 Å². The smallest absolute Gasteiger partial charge is 0.340 e. The molecule has 0 saturated carbocycles. The molecule has 2 aromatic heterocycles. The number of aromatic nitrogens is 2. The molecule has 4 aliphatic heterocycles. The van der Waals surface area contributed by atoms with Crippen molar-refractivity contribution in [3.8, 4) is 69.3 Å². The number of esters is 2. The van der Waals surface area contributed by atoms with Gasteiger partial charge in [-0.3, -0.25) is 29.0 Å². The Morgan fingerprint density at radius 1 is 0.375 bits per heavy atom. The topological polar surface area (TPSA) is 234 Å². The number of hydrogen-bond acceptors (Lipinski definition) is 18. The molecule has 13 aromatic rings. The van der Waals surface area contributed by atoms with Crippen LogP contribution in [0.25, 0.3) is 43.1 Å². The lowest BCUT2D eigenvalue weighted by Gasteiger charge is -2.35. The molecule has 512 valence electrons. The maximum atomic E-state index is 16.5. The molecule has 20 heteroatoms. The van der Waals surface area contributed by atoms with E-state index in [1.165, 1.54) is 48.8 Å². The summed E-state index contributed by atoms with van der Waals surface area (Å²) in [5.41, 5.74) is 3.78. The molecule has 0 spiro atoms. The molecule has 0 aliphatic carbocycles. The number of imide groups is 2. The minimum Gasteiger partial charge on any atom is -0.491 e. The molecule has 4 unspecified atom stereocenters. The second kappa shape index (κ2) is 26.2. The highest BCUT2D eigenvalue weighted by molar-refractivity contribution is 6.45. The zero-order valence-electron chi connectivity index (χ0n) is 56.2. The van der Waals surface area contributed by atoms with Crippen molar-refractivity contribution in [1.29, 1.82) is 0 Å². The van der Waals surface area contributed by atoms with Crippen molar-refractivity contribution in [2.24, 2.45) is 0 Å². The summed E-state index contributed by atoms with van der Waals surface area (Å²) in [7, 11) is 0. The van der Waals surface area contributed by atoms with E-state index in [1.807, 2.05) is 76.2 Å². The van der Waals surface area contributed by atoms with Gasteiger partial charge in [0.15, 0.2) is 12.1 Å². The molecule has 104 heavy (non-hydrogen) atoms. The third-order valence-electron chi connectivity index (χ3n) is 18.6. The van der Waals surface area contributed by atoms with E-state index in [0.717, 1.165) is 32.1 Å². The number of pyridine rings is 2. The van der Waals surface area contributed by atoms with Crippen LogP contribution in [0.3, 0.4) is 0 Å². The number of carbonyl (C=O) groups is 6. The highest BCUT2D eigenvalue weighted by Gasteiger charge is 2.48. The largest absolute Gasteiger partial charge is 0.491 e. The normalized spacial score (nSPS) is 15.7. The number of hydrogen-bond donors (Lipinski definition) is 0. The van der Waals surface area contributed by atoms with Crippen LogP contribution in [-0.4, -0.2) is 94.0 Å². The summed E-state index contributed by atoms with van der Waals surface area (Å²) in [6.07, 6.45) is 2.67. The molecule has 0 bridgehead atoms. The molecule has 6 heterocycles. The number of ether oxygens (including phenoxy) is 10. The van der Waals surface area contributed by atoms with E-state index in [9.17, 15) is 0 Å². The molecule has 4 amide bonds. The average molecular weight is 1380 g/mol. The van der Waals surface area contributed by atoms with E-state index in [-0.39, 0.29) is 137 Å². The number of rotatable bonds is 22. The molecule has 2 saturated heterocycles. The Bertz CT molecular complexity index is 5080. The van der Waals surface area contributed by atoms with Gasteiger partial charge >= 0.3 is 11.9 Å². The fourth-order valence-electron chi connectivity index (χ4n) is 13.4. The van der Waals surface area contributed by atoms with Crippen LogP contribution in [0.4, 0.5) is 0 Å². The Morgan fingerprint density at radius 2 is 0.663 bits per heavy atom. The van der Waals surface area contributed by atoms with Crippen molar-refractivity contribution in [2.75, 3.05) is 26.4 Å². The van der Waals surface area contributed by atoms with Gasteiger partial charge in [0.1, 0.15) is 82.9 Å². The van der Waals surface area contributed by atoms with E-state index in [4.69, 9.17) is 47.4 Å². The van der Waals surface area contributed by atoms with Crippen LogP contribution in [0.2, 0.25) is 0 Å². The van der Waals surface area contributed by atoms with E-state index in [2.05, 4.69) is 9.97 Å². The summed E-state index contributed by atoms with van der Waals surface area (Å²) in [6.45, 7) is 9.31. The lowest BCUT2D eigenvalue weighted by Crippen LogP contribution is -2.47. The van der Waals surface area contributed by atoms with Gasteiger partial charge in [0.25, 0.3) is 23.6 Å². The number of nitrogens with zero attached hydrogens (tertiary/aromatic N) is 4. The maximum Gasteiger partial charge on any atom is 0.340 e. The molecule has 17 rings (SSSR count). The van der Waals surface area contributed by atoms with Crippen LogP contribution >= 0.6 is 0 Å². The third-order valence-corrected chi connectivity index (χ3v) is 18.6. The molecular formula is C84H60N4O16. The number of aryl methyl sites for hydroxylation is 4. The second-order valence-corrected chi connectivity index (χ2v) is 26.0. The standard InChI is InChI=1S/C84H60N4O16/c1-45-15-23-51(24-16-45)99-63-37-59-69-60(80(90)87(79(59)89)77(49-11-7-5-8-12-49)83(93)103-67-35-55(31-33-85-67)95-41-57-43-97-57)39-65(101-53-27-19-47(3)20-28-53)73-74-66(102-54-29-21-48(4)22-30-54)40-62-70-61(38-64(72(76(70)74)71(63)75(69)73)100-52-25-17-46(2)18-26-52)81(91)88(82(62)92)78(50-13-9-6-10-14-50)84(94)104-68-36-56(32-34-86-68)96-42-58-44-98-58/h5-40,57-58,77-78H,41-44H2,1-4H3. The van der Waals surface area contributed by atoms with Crippen LogP contribution in [0.5, 0.6) is 69.3 Å². The molecule has 4 aliphatic rings. The van der Waals surface area contributed by atoms with E-state index < -0.39 is 47.7 Å². The molecule has 11 aromatic carbocycles. The second-order valence-electron chi connectivity index (χ2n) is 26.0. The monoisotopic (exact) mass is 1380 g/mol. The van der Waals surface area contributed by atoms with E-state index >= 15 is 28.8 Å². The minimum atomic E-state index is -1.74. The van der Waals surface area contributed by atoms with Crippen molar-refractivity contribution in [3.63, 3.8) is 0 Å². The summed E-state index contributed by atoms with van der Waals surface area (Å²) in [4.78, 5) is 107. The first-order valence-corrected chi connectivity index (χ1v) is 33.7. The zero-order chi connectivity index (χ0) is 71.0. The summed E-state index contributed by atoms with van der Waals surface area (Å²) < 4.78 is 63.5. The first-order valence-electron chi connectivity index (χ1n) is 33.7. The number of amides is 4. The number of carbonyl (C=O) groups excluding carboxylic acids is 6. The van der Waals surface area contributed by atoms with Gasteiger partial charge in [0.05, 0.1) is 35.5 Å². The molecule has 2 fully saturated rings. The van der Waals surface area contributed by atoms with Crippen molar-refractivity contribution in [3.05, 3.63) is 274 Å². The van der Waals surface area contributed by atoms with Crippen LogP contribution in [0.15, 0.2) is 219 Å². The Balaban J connectivity index is 0.952. The fraction of sp³-hybridized carbons (Fsp3) is 0.143. The molecule has 0 N–H and O–H groups in total. The molecule has 0 radical (unpaired) electrons. The molecular weight excluding hydrogens is 1320 g/mol. The summed E-state index contributed by atoms with van der Waals surface area (Å²) >= 11 is 0. The Morgan fingerprint density at radius 3 is 0.942 bits per heavy atom. The SMILES string of the molecule is Cc1ccc(Oc2cc3c4c(cc(Oc5ccc(C)cc5)c5c6c(Oc7ccc(C)cc7)cc7c8c(cc(Oc9ccc(C)cc9)c(c2c45)c86)C(=O)N(C(C(=O)Oc2cc(OCC4CO4)ccn2)c2ccccc2)C7=O)C(=O)N(C(C(=O)Oc2cc(OCC4CO4)ccn2)c2ccccc2)C3=O)cc1. The van der Waals surface area contributed by atoms with Gasteiger partial charge in [0.2, 0.25) is 11.8 Å². The Hall–Kier alpha value is -13.0. The number of epoxide rings is 2. The molecule has 4 atom stereocenters. The molecule has 20 nitrogen and oxygen atoms in total. The fourth-order valence-corrected chi connectivity index (χ4v) is 13.4. The average Bonchev–Trinajstić information content (AvgIpc) is 1.12. The van der Waals surface area contributed by atoms with Gasteiger partial charge in [-0.05, 0) is 124 Å². The summed E-state index contributed by atoms with van der Waals surface area (Å²) in [6, 6.07) is 54.4. The quantitative estimate of drug-likeness (QED) is 0.0202. The maximum absolute atomic E-state index is 16.5. The van der Waals surface area contributed by atoms with Gasteiger partial charge in [-0.15, -0.1) is 0 Å². The van der Waals surface area contributed by atoms with E-state index in [0.29, 0.717) is 47.7 Å². The van der Waals surface area contributed by atoms with Crippen LogP contribution in [0, 0.1) is 27.7 Å². The number of benzene rings is 11. The first-order chi connectivity index (χ1) is 50.6. The summed E-state index contributed by atoms with van der Waals surface area (Å²) in [5, 5.41) is 1.64. The van der Waals surface area contributed by atoms with Gasteiger partial charge in [-0.2, -0.15) is 0 Å². The van der Waals surface area contributed by atoms with Crippen molar-refractivity contribution < 1.29 is 76.1 Å². The minimum absolute atomic E-state index is 0.0298. The van der Waals surface area contributed by atoms with Crippen molar-refractivity contribution >= 4 is 78.7 Å². The Kier molecular flexibility index (Phi) is 16.2. The van der Waals surface area contributed by atoms with Gasteiger partial charge < -0.3 is 47.4 Å². The Labute approximate surface area is 593 Å². The highest BCUT2D eigenvalue weighted by Crippen LogP contribution is 2.59. The third kappa shape index (κ3) is 12.1. The van der Waals surface area contributed by atoms with Crippen LogP contribution < -0.4 is 37.9 Å². The van der Waals surface area contributed by atoms with Crippen molar-refractivity contribution in [1.82, 2.24) is 19.8 Å². The van der Waals surface area contributed by atoms with Crippen LogP contribution in [0.1, 0.15) is 86.9 Å². The zero-order valence-corrected chi connectivity index (χ0v) is 56.2. The van der Waals surface area contributed by atoms with Gasteiger partial charge in [-0.25, -0.2) is 19.6 Å². The first kappa shape index (κ1) is 64.3.